The van der Waals surface area contributed by atoms with Gasteiger partial charge in [-0.25, -0.2) is 12.7 Å². The van der Waals surface area contributed by atoms with E-state index in [-0.39, 0.29) is 29.7 Å². The number of methoxy groups -OCH3 is 1. The number of amides is 2. The van der Waals surface area contributed by atoms with Crippen molar-refractivity contribution in [3.63, 3.8) is 0 Å². The van der Waals surface area contributed by atoms with Crippen molar-refractivity contribution in [1.29, 1.82) is 0 Å². The Morgan fingerprint density at radius 2 is 1.89 bits per heavy atom. The van der Waals surface area contributed by atoms with E-state index in [4.69, 9.17) is 4.74 Å². The first kappa shape index (κ1) is 19.7. The van der Waals surface area contributed by atoms with Crippen molar-refractivity contribution in [3.8, 4) is 5.75 Å². The standard InChI is InChI=1S/C19H26N2O5S/c1-13-12-15(8-10-17(13)26-2)27(24,25)21-16(9-11-18(21)22)19(23)20-14-6-4-3-5-7-14/h8,10,12,14,16H,3-7,9,11H2,1-2H3,(H,20,23)/t16-/m1/s1. The molecule has 2 amide bonds. The Hall–Kier alpha value is -2.09. The van der Waals surface area contributed by atoms with Crippen LogP contribution < -0.4 is 10.1 Å². The molecule has 0 bridgehead atoms. The van der Waals surface area contributed by atoms with E-state index in [1.165, 1.54) is 19.2 Å². The highest BCUT2D eigenvalue weighted by Gasteiger charge is 2.44. The van der Waals surface area contributed by atoms with E-state index in [1.54, 1.807) is 13.0 Å². The molecular formula is C19H26N2O5S. The number of sulfonamides is 1. The molecule has 1 aliphatic carbocycles. The molecule has 8 heteroatoms. The summed E-state index contributed by atoms with van der Waals surface area (Å²) < 4.78 is 32.1. The van der Waals surface area contributed by atoms with Crippen LogP contribution >= 0.6 is 0 Å². The number of ether oxygens (including phenoxy) is 1. The minimum Gasteiger partial charge on any atom is -0.496 e. The van der Waals surface area contributed by atoms with Crippen molar-refractivity contribution in [2.24, 2.45) is 0 Å². The molecule has 2 aliphatic rings. The molecule has 2 fully saturated rings. The van der Waals surface area contributed by atoms with Crippen LogP contribution in [0.15, 0.2) is 23.1 Å². The monoisotopic (exact) mass is 394 g/mol. The zero-order valence-electron chi connectivity index (χ0n) is 15.7. The number of nitrogens with one attached hydrogen (secondary N) is 1. The van der Waals surface area contributed by atoms with Gasteiger partial charge in [0.2, 0.25) is 11.8 Å². The minimum atomic E-state index is -4.10. The largest absolute Gasteiger partial charge is 0.496 e. The van der Waals surface area contributed by atoms with Crippen LogP contribution in [0.1, 0.15) is 50.5 Å². The summed E-state index contributed by atoms with van der Waals surface area (Å²) in [5, 5.41) is 2.95. The maximum absolute atomic E-state index is 13.1. The summed E-state index contributed by atoms with van der Waals surface area (Å²) in [5.41, 5.74) is 0.647. The van der Waals surface area contributed by atoms with Crippen molar-refractivity contribution in [2.45, 2.75) is 68.8 Å². The second-order valence-corrected chi connectivity index (χ2v) is 9.04. The van der Waals surface area contributed by atoms with E-state index in [9.17, 15) is 18.0 Å². The third kappa shape index (κ3) is 3.95. The average molecular weight is 394 g/mol. The molecule has 1 heterocycles. The van der Waals surface area contributed by atoms with Gasteiger partial charge in [-0.05, 0) is 49.9 Å². The second kappa shape index (κ2) is 7.88. The highest BCUT2D eigenvalue weighted by Crippen LogP contribution is 2.30. The Kier molecular flexibility index (Phi) is 5.74. The number of carbonyl (C=O) groups is 2. The van der Waals surface area contributed by atoms with Crippen LogP contribution in [0.4, 0.5) is 0 Å². The lowest BCUT2D eigenvalue weighted by molar-refractivity contribution is -0.131. The third-order valence-electron chi connectivity index (χ3n) is 5.34. The van der Waals surface area contributed by atoms with Crippen LogP contribution in [0.2, 0.25) is 0 Å². The summed E-state index contributed by atoms with van der Waals surface area (Å²) in [6.07, 6.45) is 5.34. The summed E-state index contributed by atoms with van der Waals surface area (Å²) in [6.45, 7) is 1.73. The van der Waals surface area contributed by atoms with Crippen LogP contribution in [0.25, 0.3) is 0 Å². The summed E-state index contributed by atoms with van der Waals surface area (Å²) >= 11 is 0. The van der Waals surface area contributed by atoms with Crippen LogP contribution in [0, 0.1) is 6.92 Å². The van der Waals surface area contributed by atoms with Crippen LogP contribution in [-0.4, -0.2) is 43.7 Å². The van der Waals surface area contributed by atoms with Gasteiger partial charge in [-0.15, -0.1) is 0 Å². The van der Waals surface area contributed by atoms with Crippen molar-refractivity contribution < 1.29 is 22.7 Å². The lowest BCUT2D eigenvalue weighted by Crippen LogP contribution is -2.50. The Labute approximate surface area is 160 Å². The molecule has 1 atom stereocenters. The number of carbonyl (C=O) groups excluding carboxylic acids is 2. The van der Waals surface area contributed by atoms with Gasteiger partial charge in [-0.1, -0.05) is 19.3 Å². The first-order valence-electron chi connectivity index (χ1n) is 9.37. The number of hydrogen-bond donors (Lipinski definition) is 1. The summed E-state index contributed by atoms with van der Waals surface area (Å²) in [6, 6.07) is 3.51. The molecule has 27 heavy (non-hydrogen) atoms. The molecule has 1 aromatic rings. The van der Waals surface area contributed by atoms with Crippen molar-refractivity contribution in [3.05, 3.63) is 23.8 Å². The molecule has 0 radical (unpaired) electrons. The normalized spacial score (nSPS) is 21.3. The maximum Gasteiger partial charge on any atom is 0.267 e. The molecule has 1 saturated carbocycles. The van der Waals surface area contributed by atoms with Crippen LogP contribution in [0.5, 0.6) is 5.75 Å². The van der Waals surface area contributed by atoms with Crippen molar-refractivity contribution in [2.75, 3.05) is 7.11 Å². The van der Waals surface area contributed by atoms with Crippen LogP contribution in [-0.2, 0) is 19.6 Å². The first-order chi connectivity index (χ1) is 12.8. The Morgan fingerprint density at radius 1 is 1.19 bits per heavy atom. The Bertz CT molecular complexity index is 831. The topological polar surface area (TPSA) is 92.8 Å². The Morgan fingerprint density at radius 3 is 2.52 bits per heavy atom. The fraction of sp³-hybridized carbons (Fsp3) is 0.579. The predicted molar refractivity (Wildman–Crippen MR) is 99.8 cm³/mol. The summed E-state index contributed by atoms with van der Waals surface area (Å²) in [7, 11) is -2.60. The highest BCUT2D eigenvalue weighted by atomic mass is 32.2. The van der Waals surface area contributed by atoms with E-state index in [2.05, 4.69) is 5.32 Å². The lowest BCUT2D eigenvalue weighted by atomic mass is 9.95. The quantitative estimate of drug-likeness (QED) is 0.826. The lowest BCUT2D eigenvalue weighted by Gasteiger charge is -2.28. The molecule has 0 aromatic heterocycles. The van der Waals surface area contributed by atoms with Gasteiger partial charge in [0.25, 0.3) is 10.0 Å². The molecule has 1 aliphatic heterocycles. The highest BCUT2D eigenvalue weighted by molar-refractivity contribution is 7.89. The maximum atomic E-state index is 13.1. The summed E-state index contributed by atoms with van der Waals surface area (Å²) in [4.78, 5) is 25.1. The molecule has 3 rings (SSSR count). The van der Waals surface area contributed by atoms with Gasteiger partial charge >= 0.3 is 0 Å². The van der Waals surface area contributed by atoms with Crippen molar-refractivity contribution >= 4 is 21.8 Å². The van der Waals surface area contributed by atoms with Crippen LogP contribution in [0.3, 0.4) is 0 Å². The number of benzene rings is 1. The molecule has 1 saturated heterocycles. The molecule has 0 spiro atoms. The Balaban J connectivity index is 1.84. The number of nitrogens with zero attached hydrogens (tertiary/aromatic N) is 1. The van der Waals surface area contributed by atoms with E-state index in [1.807, 2.05) is 0 Å². The minimum absolute atomic E-state index is 0.00786. The zero-order valence-corrected chi connectivity index (χ0v) is 16.5. The van der Waals surface area contributed by atoms with Gasteiger partial charge in [0, 0.05) is 12.5 Å². The van der Waals surface area contributed by atoms with Gasteiger partial charge in [0.1, 0.15) is 11.8 Å². The molecule has 148 valence electrons. The second-order valence-electron chi connectivity index (χ2n) is 7.22. The van der Waals surface area contributed by atoms with E-state index < -0.39 is 22.0 Å². The molecule has 1 aromatic carbocycles. The van der Waals surface area contributed by atoms with Gasteiger partial charge in [0.15, 0.2) is 0 Å². The average Bonchev–Trinajstić information content (AvgIpc) is 3.05. The van der Waals surface area contributed by atoms with Gasteiger partial charge < -0.3 is 10.1 Å². The molecule has 1 N–H and O–H groups in total. The number of aryl methyl sites for hydroxylation is 1. The zero-order chi connectivity index (χ0) is 19.6. The molecule has 0 unspecified atom stereocenters. The molecule has 7 nitrogen and oxygen atoms in total. The van der Waals surface area contributed by atoms with E-state index in [0.29, 0.717) is 11.3 Å². The van der Waals surface area contributed by atoms with Gasteiger partial charge in [-0.2, -0.15) is 0 Å². The SMILES string of the molecule is COc1ccc(S(=O)(=O)N2C(=O)CC[C@@H]2C(=O)NC2CCCCC2)cc1C. The fourth-order valence-electron chi connectivity index (χ4n) is 3.87. The smallest absolute Gasteiger partial charge is 0.267 e. The predicted octanol–water partition coefficient (Wildman–Crippen LogP) is 2.13. The third-order valence-corrected chi connectivity index (χ3v) is 7.16. The molecular weight excluding hydrogens is 368 g/mol. The first-order valence-corrected chi connectivity index (χ1v) is 10.8. The number of hydrogen-bond acceptors (Lipinski definition) is 5. The summed E-state index contributed by atoms with van der Waals surface area (Å²) in [5.74, 6) is -0.345. The van der Waals surface area contributed by atoms with E-state index >= 15 is 0 Å². The number of rotatable bonds is 5. The van der Waals surface area contributed by atoms with Gasteiger partial charge in [0.05, 0.1) is 12.0 Å². The van der Waals surface area contributed by atoms with E-state index in [0.717, 1.165) is 36.4 Å². The van der Waals surface area contributed by atoms with Gasteiger partial charge in [-0.3, -0.25) is 9.59 Å². The van der Waals surface area contributed by atoms with Crippen molar-refractivity contribution in [1.82, 2.24) is 9.62 Å². The fourth-order valence-corrected chi connectivity index (χ4v) is 5.56.